The van der Waals surface area contributed by atoms with E-state index in [-0.39, 0.29) is 22.2 Å². The Bertz CT molecular complexity index is 1240. The predicted octanol–water partition coefficient (Wildman–Crippen LogP) is 3.63. The van der Waals surface area contributed by atoms with Crippen LogP contribution in [0.2, 0.25) is 0 Å². The van der Waals surface area contributed by atoms with Gasteiger partial charge in [-0.25, -0.2) is 0 Å². The van der Waals surface area contributed by atoms with E-state index < -0.39 is 6.04 Å². The largest absolute Gasteiger partial charge is 0.340 e. The maximum Gasteiger partial charge on any atom is 0.262 e. The van der Waals surface area contributed by atoms with E-state index in [1.807, 2.05) is 13.8 Å². The van der Waals surface area contributed by atoms with Crippen molar-refractivity contribution in [3.63, 3.8) is 0 Å². The van der Waals surface area contributed by atoms with Gasteiger partial charge in [-0.3, -0.25) is 14.2 Å². The number of aromatic amines is 1. The molecule has 9 heteroatoms. The molecular formula is C21H23N5O3S. The molecule has 0 saturated heterocycles. The first kappa shape index (κ1) is 20.2. The molecule has 2 N–H and O–H groups in total. The predicted molar refractivity (Wildman–Crippen MR) is 115 cm³/mol. The first-order valence-electron chi connectivity index (χ1n) is 9.91. The quantitative estimate of drug-likeness (QED) is 0.442. The van der Waals surface area contributed by atoms with Crippen molar-refractivity contribution >= 4 is 29.0 Å². The van der Waals surface area contributed by atoms with Crippen LogP contribution in [0.3, 0.4) is 0 Å². The van der Waals surface area contributed by atoms with E-state index >= 15 is 0 Å². The van der Waals surface area contributed by atoms with Crippen LogP contribution in [-0.4, -0.2) is 25.6 Å². The van der Waals surface area contributed by atoms with Gasteiger partial charge in [0.15, 0.2) is 10.6 Å². The second kappa shape index (κ2) is 7.98. The van der Waals surface area contributed by atoms with Gasteiger partial charge in [-0.05, 0) is 49.2 Å². The minimum atomic E-state index is -0.410. The summed E-state index contributed by atoms with van der Waals surface area (Å²) in [7, 11) is 0. The number of nitrogens with zero attached hydrogens (tertiary/aromatic N) is 3. The molecule has 1 saturated carbocycles. The number of allylic oxidation sites excluding steroid dienone is 1. The van der Waals surface area contributed by atoms with E-state index in [9.17, 15) is 9.59 Å². The first-order valence-corrected chi connectivity index (χ1v) is 10.3. The van der Waals surface area contributed by atoms with Crippen LogP contribution in [0.4, 0.5) is 0 Å². The lowest BCUT2D eigenvalue weighted by Crippen LogP contribution is -2.32. The molecule has 0 bridgehead atoms. The molecule has 3 aromatic rings. The highest BCUT2D eigenvalue weighted by Gasteiger charge is 2.31. The average molecular weight is 426 g/mol. The van der Waals surface area contributed by atoms with Crippen LogP contribution >= 0.6 is 12.2 Å². The highest BCUT2D eigenvalue weighted by atomic mass is 32.1. The zero-order valence-electron chi connectivity index (χ0n) is 16.8. The lowest BCUT2D eigenvalue weighted by atomic mass is 10.0. The van der Waals surface area contributed by atoms with Crippen LogP contribution in [0, 0.1) is 10.7 Å². The number of benzene rings is 1. The standard InChI is InChI=1S/C21H23N5O3S/c1-4-9-26-20(28)14-8-7-13(10-15(14)22-21(26)30)18(27)23-16(11(2)3)19-24-17(25-29-19)12-5-6-12/h4,7-8,10-12,16H,1,5-6,9H2,2-3H3,(H,22,30)(H,23,27). The number of fused-ring (bicyclic) bond motifs is 1. The molecule has 1 fully saturated rings. The zero-order chi connectivity index (χ0) is 21.4. The lowest BCUT2D eigenvalue weighted by Gasteiger charge is -2.18. The Labute approximate surface area is 178 Å². The van der Waals surface area contributed by atoms with Gasteiger partial charge in [0, 0.05) is 18.0 Å². The number of carbonyl (C=O) groups is 1. The number of hydrogen-bond donors (Lipinski definition) is 2. The fraction of sp³-hybridized carbons (Fsp3) is 0.381. The zero-order valence-corrected chi connectivity index (χ0v) is 17.7. The lowest BCUT2D eigenvalue weighted by molar-refractivity contribution is 0.0914. The van der Waals surface area contributed by atoms with Gasteiger partial charge in [-0.15, -0.1) is 6.58 Å². The number of H-pyrrole nitrogens is 1. The molecule has 1 atom stereocenters. The molecule has 30 heavy (non-hydrogen) atoms. The summed E-state index contributed by atoms with van der Waals surface area (Å²) in [4.78, 5) is 33.1. The average Bonchev–Trinajstić information content (AvgIpc) is 3.46. The molecule has 1 aromatic carbocycles. The Morgan fingerprint density at radius 2 is 2.23 bits per heavy atom. The van der Waals surface area contributed by atoms with Crippen LogP contribution in [0.25, 0.3) is 10.9 Å². The SMILES string of the molecule is C=CCn1c(=S)[nH]c2cc(C(=O)NC(c3nc(C4CC4)no3)C(C)C)ccc2c1=O. The highest BCUT2D eigenvalue weighted by Crippen LogP contribution is 2.38. The smallest absolute Gasteiger partial charge is 0.262 e. The number of hydrogen-bond acceptors (Lipinski definition) is 6. The number of carbonyl (C=O) groups excluding carboxylic acids is 1. The molecule has 0 spiro atoms. The van der Waals surface area contributed by atoms with Gasteiger partial charge in [0.2, 0.25) is 5.89 Å². The van der Waals surface area contributed by atoms with Gasteiger partial charge < -0.3 is 14.8 Å². The van der Waals surface area contributed by atoms with Crippen molar-refractivity contribution in [1.29, 1.82) is 0 Å². The normalized spacial score (nSPS) is 14.8. The second-order valence-electron chi connectivity index (χ2n) is 7.86. The highest BCUT2D eigenvalue weighted by molar-refractivity contribution is 7.71. The summed E-state index contributed by atoms with van der Waals surface area (Å²) in [6, 6.07) is 4.46. The third-order valence-corrected chi connectivity index (χ3v) is 5.50. The third-order valence-electron chi connectivity index (χ3n) is 5.18. The Kier molecular flexibility index (Phi) is 5.38. The van der Waals surface area contributed by atoms with Gasteiger partial charge >= 0.3 is 0 Å². The Hall–Kier alpha value is -3.07. The number of rotatable bonds is 7. The van der Waals surface area contributed by atoms with Gasteiger partial charge in [0.1, 0.15) is 6.04 Å². The van der Waals surface area contributed by atoms with Crippen molar-refractivity contribution in [2.45, 2.75) is 45.2 Å². The Morgan fingerprint density at radius 3 is 2.90 bits per heavy atom. The van der Waals surface area contributed by atoms with Crippen LogP contribution < -0.4 is 10.9 Å². The molecule has 1 unspecified atom stereocenters. The Balaban J connectivity index is 1.62. The summed E-state index contributed by atoms with van der Waals surface area (Å²) in [6.45, 7) is 7.92. The molecule has 0 aliphatic heterocycles. The van der Waals surface area contributed by atoms with E-state index in [4.69, 9.17) is 16.7 Å². The molecule has 2 heterocycles. The molecule has 4 rings (SSSR count). The molecule has 2 aromatic heterocycles. The molecule has 1 amide bonds. The molecule has 1 aliphatic rings. The van der Waals surface area contributed by atoms with Crippen LogP contribution in [0.1, 0.15) is 60.7 Å². The summed E-state index contributed by atoms with van der Waals surface area (Å²) in [5, 5.41) is 7.47. The van der Waals surface area contributed by atoms with Crippen molar-refractivity contribution in [2.75, 3.05) is 0 Å². The molecule has 156 valence electrons. The van der Waals surface area contributed by atoms with E-state index in [1.165, 1.54) is 4.57 Å². The fourth-order valence-corrected chi connectivity index (χ4v) is 3.58. The molecule has 0 radical (unpaired) electrons. The second-order valence-corrected chi connectivity index (χ2v) is 8.24. The molecule has 1 aliphatic carbocycles. The van der Waals surface area contributed by atoms with E-state index in [1.54, 1.807) is 24.3 Å². The summed E-state index contributed by atoms with van der Waals surface area (Å²) in [6.07, 6.45) is 3.76. The summed E-state index contributed by atoms with van der Waals surface area (Å²) < 4.78 is 7.12. The number of aromatic nitrogens is 4. The fourth-order valence-electron chi connectivity index (χ4n) is 3.31. The van der Waals surface area contributed by atoms with E-state index in [0.717, 1.165) is 12.8 Å². The topological polar surface area (TPSA) is 106 Å². The van der Waals surface area contributed by atoms with Crippen molar-refractivity contribution in [3.05, 3.63) is 63.3 Å². The summed E-state index contributed by atoms with van der Waals surface area (Å²) >= 11 is 5.27. The number of amides is 1. The van der Waals surface area contributed by atoms with Gasteiger partial charge in [0.05, 0.1) is 10.9 Å². The molecular weight excluding hydrogens is 402 g/mol. The van der Waals surface area contributed by atoms with Crippen molar-refractivity contribution in [3.8, 4) is 0 Å². The monoisotopic (exact) mass is 425 g/mol. The van der Waals surface area contributed by atoms with Gasteiger partial charge in [-0.1, -0.05) is 25.1 Å². The van der Waals surface area contributed by atoms with Crippen LogP contribution in [-0.2, 0) is 6.54 Å². The Morgan fingerprint density at radius 1 is 1.47 bits per heavy atom. The number of nitrogens with one attached hydrogen (secondary N) is 2. The summed E-state index contributed by atoms with van der Waals surface area (Å²) in [5.41, 5.74) is 0.689. The first-order chi connectivity index (χ1) is 14.4. The van der Waals surface area contributed by atoms with Crippen molar-refractivity contribution in [1.82, 2.24) is 25.0 Å². The maximum absolute atomic E-state index is 12.9. The maximum atomic E-state index is 12.9. The van der Waals surface area contributed by atoms with Crippen molar-refractivity contribution in [2.24, 2.45) is 5.92 Å². The van der Waals surface area contributed by atoms with E-state index in [2.05, 4.69) is 27.0 Å². The van der Waals surface area contributed by atoms with Crippen molar-refractivity contribution < 1.29 is 9.32 Å². The van der Waals surface area contributed by atoms with Gasteiger partial charge in [0.25, 0.3) is 11.5 Å². The third kappa shape index (κ3) is 3.85. The van der Waals surface area contributed by atoms with Crippen LogP contribution in [0.5, 0.6) is 0 Å². The summed E-state index contributed by atoms with van der Waals surface area (Å²) in [5.74, 6) is 1.25. The minimum Gasteiger partial charge on any atom is -0.340 e. The van der Waals surface area contributed by atoms with Gasteiger partial charge in [-0.2, -0.15) is 4.98 Å². The molecule has 8 nitrogen and oxygen atoms in total. The van der Waals surface area contributed by atoms with E-state index in [0.29, 0.717) is 40.6 Å². The minimum absolute atomic E-state index is 0.0545. The van der Waals surface area contributed by atoms with Crippen LogP contribution in [0.15, 0.2) is 40.2 Å².